The summed E-state index contributed by atoms with van der Waals surface area (Å²) < 4.78 is 61.2. The van der Waals surface area contributed by atoms with Crippen LogP contribution < -0.4 is 5.32 Å². The fourth-order valence-corrected chi connectivity index (χ4v) is 5.17. The first-order valence-electron chi connectivity index (χ1n) is 10.7. The number of rotatable bonds is 3. The molecule has 178 valence electrons. The van der Waals surface area contributed by atoms with E-state index in [2.05, 4.69) is 32.6 Å². The van der Waals surface area contributed by atoms with E-state index in [1.54, 1.807) is 11.8 Å². The molecule has 0 spiro atoms. The number of urea groups is 1. The number of halogens is 4. The number of alkyl halides is 3. The Morgan fingerprint density at radius 2 is 2.03 bits per heavy atom. The number of hydrogen-bond acceptors (Lipinski definition) is 6. The van der Waals surface area contributed by atoms with Crippen molar-refractivity contribution >= 4 is 11.7 Å². The number of benzene rings is 1. The van der Waals surface area contributed by atoms with Gasteiger partial charge in [0.05, 0.1) is 16.9 Å². The molecule has 0 unspecified atom stereocenters. The van der Waals surface area contributed by atoms with Crippen LogP contribution in [0.1, 0.15) is 43.5 Å². The second kappa shape index (κ2) is 7.74. The molecule has 1 N–H and O–H groups in total. The van der Waals surface area contributed by atoms with Crippen molar-refractivity contribution in [3.05, 3.63) is 53.6 Å². The highest BCUT2D eigenvalue weighted by atomic mass is 19.4. The Hall–Kier alpha value is -3.57. The summed E-state index contributed by atoms with van der Waals surface area (Å²) in [5.74, 6) is -0.263. The summed E-state index contributed by atoms with van der Waals surface area (Å²) in [6.07, 6.45) is -1.58. The number of aromatic nitrogens is 4. The Morgan fingerprint density at radius 1 is 1.24 bits per heavy atom. The first-order chi connectivity index (χ1) is 16.1. The van der Waals surface area contributed by atoms with Gasteiger partial charge in [0.15, 0.2) is 0 Å². The third kappa shape index (κ3) is 3.57. The van der Waals surface area contributed by atoms with Gasteiger partial charge in [-0.05, 0) is 43.0 Å². The number of anilines is 1. The summed E-state index contributed by atoms with van der Waals surface area (Å²) >= 11 is 0. The molecule has 2 aromatic heterocycles. The first kappa shape index (κ1) is 22.2. The molecule has 3 aromatic rings. The molecule has 1 aliphatic carbocycles. The number of likely N-dealkylation sites (tertiary alicyclic amines) is 1. The lowest BCUT2D eigenvalue weighted by molar-refractivity contribution is -0.137. The molecule has 0 radical (unpaired) electrons. The molecule has 3 atom stereocenters. The van der Waals surface area contributed by atoms with Gasteiger partial charge in [0.25, 0.3) is 0 Å². The minimum atomic E-state index is -4.83. The number of amides is 2. The van der Waals surface area contributed by atoms with Crippen LogP contribution in [0.2, 0.25) is 0 Å². The van der Waals surface area contributed by atoms with E-state index in [1.165, 1.54) is 18.3 Å². The Labute approximate surface area is 191 Å². The van der Waals surface area contributed by atoms with E-state index in [9.17, 15) is 22.4 Å². The fourth-order valence-electron chi connectivity index (χ4n) is 5.17. The van der Waals surface area contributed by atoms with E-state index in [0.29, 0.717) is 36.6 Å². The number of carbonyl (C=O) groups is 1. The molecule has 2 bridgehead atoms. The largest absolute Gasteiger partial charge is 0.423 e. The molecule has 1 aliphatic heterocycles. The minimum Gasteiger partial charge on any atom is -0.423 e. The summed E-state index contributed by atoms with van der Waals surface area (Å²) in [5.41, 5.74) is -2.93. The Kier molecular flexibility index (Phi) is 5.06. The number of hydrogen-bond donors (Lipinski definition) is 1. The van der Waals surface area contributed by atoms with E-state index < -0.39 is 40.4 Å². The molecule has 5 rings (SSSR count). The number of fused-ring (bicyclic) bond motifs is 2. The van der Waals surface area contributed by atoms with Gasteiger partial charge in [-0.1, -0.05) is 6.92 Å². The summed E-state index contributed by atoms with van der Waals surface area (Å²) in [5, 5.41) is 17.8. The molecule has 8 nitrogen and oxygen atoms in total. The molecule has 2 aliphatic rings. The van der Waals surface area contributed by atoms with Crippen molar-refractivity contribution in [2.75, 3.05) is 5.32 Å². The smallest absolute Gasteiger partial charge is 0.417 e. The molecule has 3 heterocycles. The third-order valence-corrected chi connectivity index (χ3v) is 6.41. The van der Waals surface area contributed by atoms with Crippen molar-refractivity contribution in [3.63, 3.8) is 0 Å². The highest BCUT2D eigenvalue weighted by Gasteiger charge is 2.62. The Balaban J connectivity index is 1.50. The van der Waals surface area contributed by atoms with Crippen LogP contribution in [0.4, 0.5) is 28.0 Å². The van der Waals surface area contributed by atoms with Crippen LogP contribution in [-0.4, -0.2) is 37.4 Å². The lowest BCUT2D eigenvalue weighted by atomic mass is 9.64. The molecule has 34 heavy (non-hydrogen) atoms. The SMILES string of the molecule is Cc1nnc([C@]23C[C@@H](C)C[C@H](C2)N3C(=O)Nc2cc(-c3cccnn3)c(C(F)(F)F)cc2F)o1. The van der Waals surface area contributed by atoms with Crippen LogP contribution in [0.15, 0.2) is 34.9 Å². The molecule has 2 fully saturated rings. The van der Waals surface area contributed by atoms with E-state index in [-0.39, 0.29) is 11.7 Å². The van der Waals surface area contributed by atoms with Gasteiger partial charge in [-0.25, -0.2) is 9.18 Å². The Morgan fingerprint density at radius 3 is 2.68 bits per heavy atom. The number of aryl methyl sites for hydroxylation is 1. The second-order valence-corrected chi connectivity index (χ2v) is 8.85. The lowest BCUT2D eigenvalue weighted by Gasteiger charge is -2.61. The molecule has 12 heteroatoms. The normalized spacial score (nSPS) is 24.0. The minimum absolute atomic E-state index is 0.0993. The number of carbonyl (C=O) groups excluding carboxylic acids is 1. The van der Waals surface area contributed by atoms with Crippen molar-refractivity contribution in [1.82, 2.24) is 25.3 Å². The van der Waals surface area contributed by atoms with E-state index in [0.717, 1.165) is 12.5 Å². The van der Waals surface area contributed by atoms with Crippen molar-refractivity contribution in [2.24, 2.45) is 5.92 Å². The Bertz CT molecular complexity index is 1250. The molecule has 1 saturated carbocycles. The van der Waals surface area contributed by atoms with Gasteiger partial charge in [-0.3, -0.25) is 0 Å². The number of nitrogens with one attached hydrogen (secondary N) is 1. The van der Waals surface area contributed by atoms with Crippen LogP contribution in [0.25, 0.3) is 11.3 Å². The van der Waals surface area contributed by atoms with Crippen LogP contribution in [0.3, 0.4) is 0 Å². The zero-order valence-corrected chi connectivity index (χ0v) is 18.2. The molecular formula is C22H20F4N6O2. The zero-order valence-electron chi connectivity index (χ0n) is 18.2. The maximum Gasteiger partial charge on any atom is 0.417 e. The highest BCUT2D eigenvalue weighted by Crippen LogP contribution is 2.55. The molecule has 1 aromatic carbocycles. The van der Waals surface area contributed by atoms with Gasteiger partial charge in [0.1, 0.15) is 11.4 Å². The lowest BCUT2D eigenvalue weighted by Crippen LogP contribution is -2.70. The number of nitrogens with zero attached hydrogens (tertiary/aromatic N) is 5. The van der Waals surface area contributed by atoms with Crippen molar-refractivity contribution in [1.29, 1.82) is 0 Å². The van der Waals surface area contributed by atoms with Crippen molar-refractivity contribution in [2.45, 2.75) is 50.9 Å². The van der Waals surface area contributed by atoms with E-state index in [1.807, 2.05) is 0 Å². The summed E-state index contributed by atoms with van der Waals surface area (Å²) in [6.45, 7) is 3.70. The summed E-state index contributed by atoms with van der Waals surface area (Å²) in [6, 6.07) is 3.26. The highest BCUT2D eigenvalue weighted by molar-refractivity contribution is 5.92. The van der Waals surface area contributed by atoms with Gasteiger partial charge in [0.2, 0.25) is 11.8 Å². The second-order valence-electron chi connectivity index (χ2n) is 8.85. The molecule has 1 saturated heterocycles. The quantitative estimate of drug-likeness (QED) is 0.539. The van der Waals surface area contributed by atoms with Crippen LogP contribution >= 0.6 is 0 Å². The topological polar surface area (TPSA) is 97.0 Å². The molecule has 2 amide bonds. The maximum atomic E-state index is 14.8. The van der Waals surface area contributed by atoms with Gasteiger partial charge in [-0.15, -0.1) is 10.2 Å². The first-order valence-corrected chi connectivity index (χ1v) is 10.7. The van der Waals surface area contributed by atoms with Gasteiger partial charge < -0.3 is 14.6 Å². The van der Waals surface area contributed by atoms with Crippen LogP contribution in [0.5, 0.6) is 0 Å². The van der Waals surface area contributed by atoms with E-state index in [4.69, 9.17) is 4.42 Å². The van der Waals surface area contributed by atoms with Gasteiger partial charge in [0, 0.05) is 31.1 Å². The van der Waals surface area contributed by atoms with Gasteiger partial charge >= 0.3 is 12.2 Å². The molecular weight excluding hydrogens is 456 g/mol. The van der Waals surface area contributed by atoms with Gasteiger partial charge in [-0.2, -0.15) is 23.4 Å². The summed E-state index contributed by atoms with van der Waals surface area (Å²) in [4.78, 5) is 14.8. The predicted octanol–water partition coefficient (Wildman–Crippen LogP) is 4.92. The van der Waals surface area contributed by atoms with E-state index >= 15 is 0 Å². The maximum absolute atomic E-state index is 14.8. The standard InChI is InChI=1S/C22H20F4N6O2/c1-11-6-13-10-21(9-11,19-31-29-12(2)34-19)32(13)20(33)28-18-7-14(17-4-3-5-27-30-17)15(8-16(18)23)22(24,25)26/h3-5,7-8,11,13H,6,9-10H2,1-2H3,(H,28,33)/t11-,13+,21-/m0/s1. The summed E-state index contributed by atoms with van der Waals surface area (Å²) in [7, 11) is 0. The number of piperidine rings is 1. The zero-order chi connectivity index (χ0) is 24.3. The van der Waals surface area contributed by atoms with Crippen molar-refractivity contribution in [3.8, 4) is 11.3 Å². The fraction of sp³-hybridized carbons (Fsp3) is 0.409. The predicted molar refractivity (Wildman–Crippen MR) is 111 cm³/mol. The monoisotopic (exact) mass is 476 g/mol. The average Bonchev–Trinajstić information content (AvgIpc) is 3.21. The van der Waals surface area contributed by atoms with Crippen molar-refractivity contribution < 1.29 is 26.8 Å². The average molecular weight is 476 g/mol. The third-order valence-electron chi connectivity index (χ3n) is 6.41. The van der Waals surface area contributed by atoms with Crippen LogP contribution in [0, 0.1) is 18.7 Å². The van der Waals surface area contributed by atoms with Crippen LogP contribution in [-0.2, 0) is 11.7 Å².